The summed E-state index contributed by atoms with van der Waals surface area (Å²) in [6, 6.07) is 0. The molecule has 4 aliphatic carbocycles. The van der Waals surface area contributed by atoms with Crippen LogP contribution in [0.15, 0.2) is 0 Å². The summed E-state index contributed by atoms with van der Waals surface area (Å²) in [5, 5.41) is 98.7. The van der Waals surface area contributed by atoms with Gasteiger partial charge in [0.2, 0.25) is 0 Å². The molecule has 318 valence electrons. The number of hydrogen-bond acceptors (Lipinski definition) is 14. The summed E-state index contributed by atoms with van der Waals surface area (Å²) in [5.74, 6) is -0.233. The highest BCUT2D eigenvalue weighted by molar-refractivity contribution is 5.22. The van der Waals surface area contributed by atoms with Crippen molar-refractivity contribution in [1.82, 2.24) is 0 Å². The van der Waals surface area contributed by atoms with Crippen LogP contribution in [0, 0.1) is 45.3 Å². The van der Waals surface area contributed by atoms with E-state index in [0.29, 0.717) is 25.7 Å². The Morgan fingerprint density at radius 1 is 0.745 bits per heavy atom. The molecule has 3 aliphatic heterocycles. The van der Waals surface area contributed by atoms with Gasteiger partial charge in [0.05, 0.1) is 48.8 Å². The van der Waals surface area contributed by atoms with Gasteiger partial charge in [-0.3, -0.25) is 0 Å². The smallest absolute Gasteiger partial charge is 0.187 e. The molecule has 14 nitrogen and oxygen atoms in total. The van der Waals surface area contributed by atoms with E-state index in [1.165, 1.54) is 0 Å². The van der Waals surface area contributed by atoms with Crippen LogP contribution in [0.25, 0.3) is 0 Å². The van der Waals surface area contributed by atoms with Crippen LogP contribution in [0.5, 0.6) is 0 Å². The van der Waals surface area contributed by atoms with Crippen molar-refractivity contribution in [1.29, 1.82) is 0 Å². The third-order valence-electron chi connectivity index (χ3n) is 17.0. The first-order valence-corrected chi connectivity index (χ1v) is 20.8. The topological polar surface area (TPSA) is 228 Å². The largest absolute Gasteiger partial charge is 0.394 e. The second kappa shape index (κ2) is 14.3. The minimum atomic E-state index is -1.68. The van der Waals surface area contributed by atoms with Crippen LogP contribution >= 0.6 is 0 Å². The lowest BCUT2D eigenvalue weighted by Gasteiger charge is -2.72. The predicted molar refractivity (Wildman–Crippen MR) is 196 cm³/mol. The van der Waals surface area contributed by atoms with E-state index in [-0.39, 0.29) is 41.8 Å². The maximum absolute atomic E-state index is 12.4. The lowest BCUT2D eigenvalue weighted by Crippen LogP contribution is -2.71. The van der Waals surface area contributed by atoms with Crippen LogP contribution in [0.2, 0.25) is 0 Å². The van der Waals surface area contributed by atoms with E-state index < -0.39 is 108 Å². The Morgan fingerprint density at radius 2 is 1.44 bits per heavy atom. The van der Waals surface area contributed by atoms with Gasteiger partial charge < -0.3 is 69.6 Å². The molecule has 0 amide bonds. The molecule has 7 fully saturated rings. The van der Waals surface area contributed by atoms with Crippen molar-refractivity contribution in [2.75, 3.05) is 13.2 Å². The molecule has 7 rings (SSSR count). The Morgan fingerprint density at radius 3 is 2.07 bits per heavy atom. The van der Waals surface area contributed by atoms with Crippen molar-refractivity contribution < 1.29 is 69.6 Å². The summed E-state index contributed by atoms with van der Waals surface area (Å²) < 4.78 is 31.6. The molecule has 7 aliphatic rings. The molecule has 9 N–H and O–H groups in total. The monoisotopic (exact) mass is 786 g/mol. The van der Waals surface area contributed by atoms with E-state index in [4.69, 9.17) is 23.7 Å². The Kier molecular flexibility index (Phi) is 11.1. The summed E-state index contributed by atoms with van der Waals surface area (Å²) >= 11 is 0. The quantitative estimate of drug-likeness (QED) is 0.164. The maximum Gasteiger partial charge on any atom is 0.187 e. The zero-order chi connectivity index (χ0) is 40.4. The van der Waals surface area contributed by atoms with Crippen molar-refractivity contribution in [3.63, 3.8) is 0 Å². The average Bonchev–Trinajstić information content (AvgIpc) is 3.70. The minimum Gasteiger partial charge on any atom is -0.394 e. The fourth-order valence-corrected chi connectivity index (χ4v) is 13.9. The molecule has 3 saturated heterocycles. The van der Waals surface area contributed by atoms with Gasteiger partial charge >= 0.3 is 0 Å². The Balaban J connectivity index is 1.25. The van der Waals surface area contributed by atoms with E-state index in [1.807, 2.05) is 0 Å². The highest BCUT2D eigenvalue weighted by Crippen LogP contribution is 2.76. The molecule has 0 aromatic carbocycles. The summed E-state index contributed by atoms with van der Waals surface area (Å²) in [4.78, 5) is 0. The van der Waals surface area contributed by atoms with Gasteiger partial charge in [-0.05, 0) is 117 Å². The normalized spacial score (nSPS) is 56.8. The van der Waals surface area contributed by atoms with Crippen molar-refractivity contribution in [3.8, 4) is 0 Å². The summed E-state index contributed by atoms with van der Waals surface area (Å²) in [6.45, 7) is 15.8. The molecule has 0 aromatic heterocycles. The number of ether oxygens (including phenoxy) is 5. The molecule has 0 aromatic rings. The molecule has 21 atom stereocenters. The fraction of sp³-hybridized carbons (Fsp3) is 1.00. The Bertz CT molecular complexity index is 1390. The Labute approximate surface area is 325 Å². The third kappa shape index (κ3) is 6.50. The lowest BCUT2D eigenvalue weighted by atomic mass is 9.34. The van der Waals surface area contributed by atoms with Crippen LogP contribution in [0.3, 0.4) is 0 Å². The van der Waals surface area contributed by atoms with Gasteiger partial charge in [-0.1, -0.05) is 34.6 Å². The highest BCUT2D eigenvalue weighted by Gasteiger charge is 2.74. The molecule has 55 heavy (non-hydrogen) atoms. The molecule has 3 heterocycles. The van der Waals surface area contributed by atoms with Gasteiger partial charge in [0.1, 0.15) is 42.7 Å². The Hall–Kier alpha value is -0.560. The van der Waals surface area contributed by atoms with Crippen molar-refractivity contribution in [3.05, 3.63) is 0 Å². The van der Waals surface area contributed by atoms with Gasteiger partial charge in [0.25, 0.3) is 0 Å². The van der Waals surface area contributed by atoms with Crippen molar-refractivity contribution >= 4 is 0 Å². The van der Waals surface area contributed by atoms with Gasteiger partial charge in [0.15, 0.2) is 12.6 Å². The van der Waals surface area contributed by atoms with Crippen LogP contribution < -0.4 is 0 Å². The van der Waals surface area contributed by atoms with E-state index >= 15 is 0 Å². The van der Waals surface area contributed by atoms with Crippen LogP contribution in [-0.2, 0) is 23.7 Å². The molecular weight excluding hydrogens is 716 g/mol. The van der Waals surface area contributed by atoms with E-state index in [9.17, 15) is 46.0 Å². The van der Waals surface area contributed by atoms with E-state index in [0.717, 1.165) is 25.7 Å². The molecule has 4 saturated carbocycles. The fourth-order valence-electron chi connectivity index (χ4n) is 13.9. The zero-order valence-electron chi connectivity index (χ0n) is 34.0. The summed E-state index contributed by atoms with van der Waals surface area (Å²) in [5.41, 5.74) is -3.33. The minimum absolute atomic E-state index is 0.0590. The summed E-state index contributed by atoms with van der Waals surface area (Å²) in [7, 11) is 0. The number of aliphatic hydroxyl groups excluding tert-OH is 8. The second-order valence-corrected chi connectivity index (χ2v) is 20.8. The van der Waals surface area contributed by atoms with Gasteiger partial charge in [-0.25, -0.2) is 0 Å². The van der Waals surface area contributed by atoms with Gasteiger partial charge in [0, 0.05) is 0 Å². The molecule has 14 heteroatoms. The van der Waals surface area contributed by atoms with Gasteiger partial charge in [-0.15, -0.1) is 0 Å². The van der Waals surface area contributed by atoms with Gasteiger partial charge in [-0.2, -0.15) is 0 Å². The maximum atomic E-state index is 12.4. The third-order valence-corrected chi connectivity index (χ3v) is 17.0. The van der Waals surface area contributed by atoms with Crippen molar-refractivity contribution in [2.45, 2.75) is 198 Å². The summed E-state index contributed by atoms with van der Waals surface area (Å²) in [6.07, 6.45) is -9.89. The van der Waals surface area contributed by atoms with E-state index in [1.54, 1.807) is 13.8 Å². The van der Waals surface area contributed by atoms with E-state index in [2.05, 4.69) is 41.5 Å². The molecule has 0 spiro atoms. The molecule has 0 bridgehead atoms. The highest BCUT2D eigenvalue weighted by atomic mass is 16.8. The van der Waals surface area contributed by atoms with Crippen molar-refractivity contribution in [2.24, 2.45) is 45.3 Å². The first kappa shape index (κ1) is 42.6. The average molecular weight is 787 g/mol. The standard InChI is InChI=1S/C41H70O14/c1-36(2)25(45)10-12-38(5)24-15-20(43)27-19(41(8)14-11-26(55-41)37(3,4)50)9-13-39(27,6)40(24,7)16-22(33(36)38)52-35-32(30(48)29(47)23(17-42)53-35)54-34-31(49)28(46)21(44)18-51-34/h19-35,42-50H,9-18H2,1-8H3/t19?,20?,21?,22?,23?,24?,25?,26?,27?,28?,29?,30?,31?,32?,33?,34?,35?,38-,39-,40-,41+/m1/s1. The number of rotatable bonds is 7. The lowest BCUT2D eigenvalue weighted by molar-refractivity contribution is -0.377. The number of hydrogen-bond donors (Lipinski definition) is 9. The zero-order valence-corrected chi connectivity index (χ0v) is 34.0. The van der Waals surface area contributed by atoms with Crippen LogP contribution in [0.1, 0.15) is 107 Å². The number of aliphatic hydroxyl groups is 9. The second-order valence-electron chi connectivity index (χ2n) is 20.8. The number of fused-ring (bicyclic) bond motifs is 5. The first-order valence-electron chi connectivity index (χ1n) is 20.8. The molecular formula is C41H70O14. The first-order chi connectivity index (χ1) is 25.4. The predicted octanol–water partition coefficient (Wildman–Crippen LogP) is 0.970. The SMILES string of the molecule is CC(C)(O)C1CC[C@@](C)(C2CC[C@]3(C)C2C(O)CC2[C@@]4(C)CCC(O)C(C)(C)C4C(OC4OC(CO)C(O)C(O)C4OC4OCC(O)C(O)C4O)C[C@]23C)O1. The van der Waals surface area contributed by atoms with Crippen LogP contribution in [0.4, 0.5) is 0 Å². The van der Waals surface area contributed by atoms with Crippen LogP contribution in [-0.4, -0.2) is 150 Å². The molecule has 17 unspecified atom stereocenters. The molecule has 0 radical (unpaired) electrons.